The van der Waals surface area contributed by atoms with Gasteiger partial charge in [0.1, 0.15) is 0 Å². The van der Waals surface area contributed by atoms with Gasteiger partial charge in [0.25, 0.3) is 0 Å². The van der Waals surface area contributed by atoms with Crippen molar-refractivity contribution < 1.29 is 0 Å². The largest absolute Gasteiger partial charge is 0.329 e. The van der Waals surface area contributed by atoms with Crippen LogP contribution < -0.4 is 5.69 Å². The number of fused-ring (bicyclic) bond motifs is 1. The standard InChI is InChI=1S/C8H8N3O/c1-10-6-4-3-5-9-7(6)11(2)8(10)12/h4-5H,1-2H3. The molecule has 0 aliphatic heterocycles. The number of rotatable bonds is 0. The number of nitrogens with zero attached hydrogens (tertiary/aromatic N) is 3. The summed E-state index contributed by atoms with van der Waals surface area (Å²) >= 11 is 0. The first kappa shape index (κ1) is 7.09. The molecule has 0 spiro atoms. The predicted molar refractivity (Wildman–Crippen MR) is 44.8 cm³/mol. The van der Waals surface area contributed by atoms with Crippen molar-refractivity contribution in [3.05, 3.63) is 28.8 Å². The highest BCUT2D eigenvalue weighted by atomic mass is 16.1. The molecule has 0 fully saturated rings. The second-order valence-corrected chi connectivity index (χ2v) is 2.68. The average Bonchev–Trinajstić information content (AvgIpc) is 2.33. The van der Waals surface area contributed by atoms with Crippen LogP contribution in [0.5, 0.6) is 0 Å². The van der Waals surface area contributed by atoms with Crippen molar-refractivity contribution in [2.24, 2.45) is 14.1 Å². The van der Waals surface area contributed by atoms with E-state index in [4.69, 9.17) is 0 Å². The van der Waals surface area contributed by atoms with E-state index in [2.05, 4.69) is 11.1 Å². The molecule has 0 saturated heterocycles. The molecular weight excluding hydrogens is 154 g/mol. The van der Waals surface area contributed by atoms with Crippen molar-refractivity contribution in [3.8, 4) is 0 Å². The van der Waals surface area contributed by atoms with Gasteiger partial charge in [-0.25, -0.2) is 9.78 Å². The second kappa shape index (κ2) is 2.20. The van der Waals surface area contributed by atoms with Crippen molar-refractivity contribution in [3.63, 3.8) is 0 Å². The fourth-order valence-electron chi connectivity index (χ4n) is 1.27. The zero-order valence-corrected chi connectivity index (χ0v) is 6.90. The van der Waals surface area contributed by atoms with Crippen molar-refractivity contribution in [2.75, 3.05) is 0 Å². The lowest BCUT2D eigenvalue weighted by Gasteiger charge is -1.89. The molecule has 2 aromatic rings. The van der Waals surface area contributed by atoms with E-state index < -0.39 is 0 Å². The minimum absolute atomic E-state index is 0.0582. The summed E-state index contributed by atoms with van der Waals surface area (Å²) < 4.78 is 3.07. The minimum atomic E-state index is -0.0582. The summed E-state index contributed by atoms with van der Waals surface area (Å²) in [4.78, 5) is 15.4. The molecule has 2 aromatic heterocycles. The lowest BCUT2D eigenvalue weighted by molar-refractivity contribution is 0.791. The summed E-state index contributed by atoms with van der Waals surface area (Å²) in [5.41, 5.74) is 1.45. The SMILES string of the molecule is Cn1c(=O)n(C)c2nc[c]cc21. The fraction of sp³-hybridized carbons (Fsp3) is 0.250. The van der Waals surface area contributed by atoms with Gasteiger partial charge in [0, 0.05) is 26.4 Å². The highest BCUT2D eigenvalue weighted by Crippen LogP contribution is 2.05. The predicted octanol–water partition coefficient (Wildman–Crippen LogP) is 0.0722. The molecule has 0 aromatic carbocycles. The van der Waals surface area contributed by atoms with Gasteiger partial charge in [0.15, 0.2) is 5.65 Å². The van der Waals surface area contributed by atoms with E-state index in [-0.39, 0.29) is 5.69 Å². The molecule has 1 radical (unpaired) electrons. The number of imidazole rings is 1. The molecule has 61 valence electrons. The Bertz CT molecular complexity index is 438. The van der Waals surface area contributed by atoms with Crippen LogP contribution in [0.2, 0.25) is 0 Å². The van der Waals surface area contributed by atoms with Gasteiger partial charge < -0.3 is 0 Å². The first-order valence-corrected chi connectivity index (χ1v) is 3.59. The van der Waals surface area contributed by atoms with Gasteiger partial charge in [-0.15, -0.1) is 0 Å². The molecule has 4 nitrogen and oxygen atoms in total. The zero-order chi connectivity index (χ0) is 8.72. The average molecular weight is 162 g/mol. The summed E-state index contributed by atoms with van der Waals surface area (Å²) in [5, 5.41) is 0. The van der Waals surface area contributed by atoms with E-state index in [9.17, 15) is 4.79 Å². The van der Waals surface area contributed by atoms with E-state index in [0.29, 0.717) is 5.65 Å². The Balaban J connectivity index is 3.09. The lowest BCUT2D eigenvalue weighted by Crippen LogP contribution is -2.19. The Morgan fingerprint density at radius 1 is 1.42 bits per heavy atom. The fourth-order valence-corrected chi connectivity index (χ4v) is 1.27. The second-order valence-electron chi connectivity index (χ2n) is 2.68. The lowest BCUT2D eigenvalue weighted by atomic mass is 10.4. The third-order valence-corrected chi connectivity index (χ3v) is 1.96. The van der Waals surface area contributed by atoms with Gasteiger partial charge in [0.05, 0.1) is 5.52 Å². The maximum Gasteiger partial charge on any atom is 0.329 e. The van der Waals surface area contributed by atoms with Gasteiger partial charge in [0.2, 0.25) is 0 Å². The summed E-state index contributed by atoms with van der Waals surface area (Å²) in [7, 11) is 3.43. The van der Waals surface area contributed by atoms with E-state index in [1.165, 1.54) is 4.57 Å². The minimum Gasteiger partial charge on any atom is -0.293 e. The molecule has 0 aliphatic rings. The van der Waals surface area contributed by atoms with Crippen LogP contribution >= 0.6 is 0 Å². The Morgan fingerprint density at radius 2 is 2.17 bits per heavy atom. The van der Waals surface area contributed by atoms with E-state index >= 15 is 0 Å². The molecule has 2 heterocycles. The van der Waals surface area contributed by atoms with Crippen LogP contribution in [0.1, 0.15) is 0 Å². The van der Waals surface area contributed by atoms with Crippen molar-refractivity contribution in [2.45, 2.75) is 0 Å². The molecule has 2 rings (SSSR count). The number of pyridine rings is 1. The quantitative estimate of drug-likeness (QED) is 0.550. The molecule has 0 N–H and O–H groups in total. The van der Waals surface area contributed by atoms with Gasteiger partial charge in [-0.3, -0.25) is 9.13 Å². The summed E-state index contributed by atoms with van der Waals surface area (Å²) in [6.45, 7) is 0. The number of aromatic nitrogens is 3. The number of hydrogen-bond donors (Lipinski definition) is 0. The van der Waals surface area contributed by atoms with Crippen LogP contribution in [-0.2, 0) is 14.1 Å². The molecule has 0 atom stereocenters. The Morgan fingerprint density at radius 3 is 2.83 bits per heavy atom. The van der Waals surface area contributed by atoms with Crippen LogP contribution in [-0.4, -0.2) is 14.1 Å². The zero-order valence-electron chi connectivity index (χ0n) is 6.90. The molecule has 0 aliphatic carbocycles. The summed E-state index contributed by atoms with van der Waals surface area (Å²) in [6, 6.07) is 4.59. The number of aryl methyl sites for hydroxylation is 2. The molecule has 0 unspecified atom stereocenters. The smallest absolute Gasteiger partial charge is 0.293 e. The van der Waals surface area contributed by atoms with E-state index in [1.807, 2.05) is 0 Å². The van der Waals surface area contributed by atoms with E-state index in [0.717, 1.165) is 5.52 Å². The molecule has 0 amide bonds. The third-order valence-electron chi connectivity index (χ3n) is 1.96. The Labute approximate surface area is 69.1 Å². The summed E-state index contributed by atoms with van der Waals surface area (Å²) in [5.74, 6) is 0. The van der Waals surface area contributed by atoms with Crippen molar-refractivity contribution in [1.82, 2.24) is 14.1 Å². The molecular formula is C8H8N3O. The first-order chi connectivity index (χ1) is 5.72. The highest BCUT2D eigenvalue weighted by molar-refractivity contribution is 5.70. The monoisotopic (exact) mass is 162 g/mol. The molecule has 12 heavy (non-hydrogen) atoms. The van der Waals surface area contributed by atoms with E-state index in [1.54, 1.807) is 30.9 Å². The van der Waals surface area contributed by atoms with Crippen molar-refractivity contribution in [1.29, 1.82) is 0 Å². The van der Waals surface area contributed by atoms with Crippen LogP contribution in [0.25, 0.3) is 11.2 Å². The van der Waals surface area contributed by atoms with Crippen LogP contribution in [0.3, 0.4) is 0 Å². The Hall–Kier alpha value is -1.58. The van der Waals surface area contributed by atoms with Crippen LogP contribution in [0.4, 0.5) is 0 Å². The summed E-state index contributed by atoms with van der Waals surface area (Å²) in [6.07, 6.45) is 1.56. The molecule has 0 saturated carbocycles. The third kappa shape index (κ3) is 0.717. The van der Waals surface area contributed by atoms with Gasteiger partial charge >= 0.3 is 5.69 Å². The van der Waals surface area contributed by atoms with Gasteiger partial charge in [-0.1, -0.05) is 0 Å². The Kier molecular flexibility index (Phi) is 1.30. The van der Waals surface area contributed by atoms with Crippen LogP contribution in [0.15, 0.2) is 17.1 Å². The van der Waals surface area contributed by atoms with Gasteiger partial charge in [-0.2, -0.15) is 0 Å². The highest BCUT2D eigenvalue weighted by Gasteiger charge is 2.06. The molecule has 0 bridgehead atoms. The topological polar surface area (TPSA) is 39.8 Å². The normalized spacial score (nSPS) is 10.8. The number of hydrogen-bond acceptors (Lipinski definition) is 2. The first-order valence-electron chi connectivity index (χ1n) is 3.59. The van der Waals surface area contributed by atoms with Gasteiger partial charge in [-0.05, 0) is 6.07 Å². The van der Waals surface area contributed by atoms with Crippen molar-refractivity contribution >= 4 is 11.2 Å². The van der Waals surface area contributed by atoms with Crippen LogP contribution in [0, 0.1) is 6.07 Å². The maximum atomic E-state index is 11.4. The maximum absolute atomic E-state index is 11.4. The molecule has 4 heteroatoms.